The fourth-order valence-corrected chi connectivity index (χ4v) is 2.76. The molecule has 0 aliphatic heterocycles. The predicted octanol–water partition coefficient (Wildman–Crippen LogP) is 3.05. The molecule has 3 nitrogen and oxygen atoms in total. The van der Waals surface area contributed by atoms with Gasteiger partial charge < -0.3 is 10.1 Å². The van der Waals surface area contributed by atoms with Crippen molar-refractivity contribution in [1.29, 1.82) is 0 Å². The van der Waals surface area contributed by atoms with Gasteiger partial charge in [0.25, 0.3) is 0 Å². The molecule has 20 heavy (non-hydrogen) atoms. The van der Waals surface area contributed by atoms with Gasteiger partial charge in [-0.2, -0.15) is 0 Å². The monoisotopic (exact) mass is 276 g/mol. The molecule has 2 atom stereocenters. The van der Waals surface area contributed by atoms with Crippen LogP contribution in [0.25, 0.3) is 0 Å². The van der Waals surface area contributed by atoms with Crippen LogP contribution in [0.1, 0.15) is 39.7 Å². The van der Waals surface area contributed by atoms with Crippen molar-refractivity contribution in [3.8, 4) is 0 Å². The summed E-state index contributed by atoms with van der Waals surface area (Å²) in [6, 6.07) is 4.74. The summed E-state index contributed by atoms with van der Waals surface area (Å²) in [5, 5.41) is 3.68. The van der Waals surface area contributed by atoms with Crippen LogP contribution in [0.15, 0.2) is 24.5 Å². The number of pyridine rings is 1. The van der Waals surface area contributed by atoms with Crippen LogP contribution in [-0.4, -0.2) is 30.3 Å². The van der Waals surface area contributed by atoms with Crippen LogP contribution in [0.4, 0.5) is 0 Å². The molecule has 0 spiro atoms. The van der Waals surface area contributed by atoms with Gasteiger partial charge >= 0.3 is 0 Å². The highest BCUT2D eigenvalue weighted by Crippen LogP contribution is 2.42. The highest BCUT2D eigenvalue weighted by Gasteiger charge is 2.48. The average molecular weight is 276 g/mol. The predicted molar refractivity (Wildman–Crippen MR) is 82.7 cm³/mol. The summed E-state index contributed by atoms with van der Waals surface area (Å²) in [5.41, 5.74) is 1.59. The molecule has 1 N–H and O–H groups in total. The summed E-state index contributed by atoms with van der Waals surface area (Å²) < 4.78 is 6.00. The van der Waals surface area contributed by atoms with E-state index in [9.17, 15) is 0 Å². The van der Waals surface area contributed by atoms with Crippen LogP contribution in [0.5, 0.6) is 0 Å². The third-order valence-electron chi connectivity index (χ3n) is 4.36. The molecule has 0 amide bonds. The van der Waals surface area contributed by atoms with E-state index in [1.54, 1.807) is 0 Å². The van der Waals surface area contributed by atoms with Crippen LogP contribution in [0, 0.1) is 11.3 Å². The zero-order valence-corrected chi connectivity index (χ0v) is 13.2. The van der Waals surface area contributed by atoms with E-state index in [0.29, 0.717) is 18.1 Å². The van der Waals surface area contributed by atoms with E-state index >= 15 is 0 Å². The third kappa shape index (κ3) is 3.80. The van der Waals surface area contributed by atoms with E-state index in [1.165, 1.54) is 5.56 Å². The van der Waals surface area contributed by atoms with Crippen molar-refractivity contribution in [2.24, 2.45) is 11.3 Å². The summed E-state index contributed by atoms with van der Waals surface area (Å²) >= 11 is 0. The Balaban J connectivity index is 1.70. The third-order valence-corrected chi connectivity index (χ3v) is 4.36. The van der Waals surface area contributed by atoms with E-state index in [1.807, 2.05) is 12.4 Å². The first-order chi connectivity index (χ1) is 9.50. The molecule has 2 unspecified atom stereocenters. The standard InChI is InChI=1S/C17H28N2O/c1-13(2)12-20-16-11-15(17(16,3)4)19-10-7-14-5-8-18-9-6-14/h5-6,8-9,13,15-16,19H,7,10-12H2,1-4H3. The Kier molecular flexibility index (Phi) is 5.17. The van der Waals surface area contributed by atoms with E-state index in [0.717, 1.165) is 26.0 Å². The van der Waals surface area contributed by atoms with Crippen LogP contribution < -0.4 is 5.32 Å². The number of aromatic nitrogens is 1. The summed E-state index contributed by atoms with van der Waals surface area (Å²) in [6.45, 7) is 10.9. The van der Waals surface area contributed by atoms with Crippen molar-refractivity contribution in [3.05, 3.63) is 30.1 Å². The quantitative estimate of drug-likeness (QED) is 0.831. The Bertz CT molecular complexity index is 403. The van der Waals surface area contributed by atoms with Crippen molar-refractivity contribution in [1.82, 2.24) is 10.3 Å². The molecule has 1 saturated carbocycles. The summed E-state index contributed by atoms with van der Waals surface area (Å²) in [6.07, 6.45) is 6.32. The summed E-state index contributed by atoms with van der Waals surface area (Å²) in [4.78, 5) is 4.05. The Morgan fingerprint density at radius 1 is 1.35 bits per heavy atom. The van der Waals surface area contributed by atoms with E-state index in [4.69, 9.17) is 4.74 Å². The minimum atomic E-state index is 0.243. The molecule has 1 aromatic heterocycles. The van der Waals surface area contributed by atoms with Gasteiger partial charge in [-0.15, -0.1) is 0 Å². The lowest BCUT2D eigenvalue weighted by Crippen LogP contribution is -2.61. The molecule has 1 aromatic rings. The number of nitrogens with zero attached hydrogens (tertiary/aromatic N) is 1. The summed E-state index contributed by atoms with van der Waals surface area (Å²) in [5.74, 6) is 0.615. The minimum absolute atomic E-state index is 0.243. The highest BCUT2D eigenvalue weighted by molar-refractivity contribution is 5.10. The molecule has 1 aliphatic carbocycles. The first-order valence-electron chi connectivity index (χ1n) is 7.74. The molecule has 0 bridgehead atoms. The average Bonchev–Trinajstić information content (AvgIpc) is 2.42. The maximum absolute atomic E-state index is 6.00. The van der Waals surface area contributed by atoms with Crippen molar-refractivity contribution < 1.29 is 4.74 Å². The Morgan fingerprint density at radius 3 is 2.65 bits per heavy atom. The molecular weight excluding hydrogens is 248 g/mol. The molecule has 0 radical (unpaired) electrons. The van der Waals surface area contributed by atoms with Crippen LogP contribution in [-0.2, 0) is 11.2 Å². The normalized spacial score (nSPS) is 24.6. The molecule has 0 aromatic carbocycles. The number of hydrogen-bond acceptors (Lipinski definition) is 3. The van der Waals surface area contributed by atoms with Gasteiger partial charge in [-0.1, -0.05) is 27.7 Å². The Hall–Kier alpha value is -0.930. The zero-order valence-electron chi connectivity index (χ0n) is 13.2. The van der Waals surface area contributed by atoms with Crippen molar-refractivity contribution >= 4 is 0 Å². The lowest BCUT2D eigenvalue weighted by atomic mass is 9.64. The maximum atomic E-state index is 6.00. The second kappa shape index (κ2) is 6.68. The highest BCUT2D eigenvalue weighted by atomic mass is 16.5. The number of hydrogen-bond donors (Lipinski definition) is 1. The molecule has 2 rings (SSSR count). The van der Waals surface area contributed by atoms with E-state index in [2.05, 4.69) is 50.1 Å². The zero-order chi connectivity index (χ0) is 14.6. The van der Waals surface area contributed by atoms with Crippen molar-refractivity contribution in [2.75, 3.05) is 13.2 Å². The number of ether oxygens (including phenoxy) is 1. The molecule has 0 saturated heterocycles. The molecule has 1 aliphatic rings. The van der Waals surface area contributed by atoms with Crippen LogP contribution in [0.3, 0.4) is 0 Å². The molecule has 1 heterocycles. The first-order valence-corrected chi connectivity index (χ1v) is 7.74. The summed E-state index contributed by atoms with van der Waals surface area (Å²) in [7, 11) is 0. The molecule has 112 valence electrons. The fraction of sp³-hybridized carbons (Fsp3) is 0.706. The van der Waals surface area contributed by atoms with Gasteiger partial charge in [0.1, 0.15) is 0 Å². The largest absolute Gasteiger partial charge is 0.377 e. The lowest BCUT2D eigenvalue weighted by Gasteiger charge is -2.52. The van der Waals surface area contributed by atoms with Gasteiger partial charge in [-0.25, -0.2) is 0 Å². The van der Waals surface area contributed by atoms with Gasteiger partial charge in [-0.3, -0.25) is 4.98 Å². The Labute approximate surface area is 123 Å². The van der Waals surface area contributed by atoms with Gasteiger partial charge in [0.15, 0.2) is 0 Å². The lowest BCUT2D eigenvalue weighted by molar-refractivity contribution is -0.123. The second-order valence-corrected chi connectivity index (χ2v) is 6.89. The number of nitrogens with one attached hydrogen (secondary N) is 1. The molecule has 3 heteroatoms. The van der Waals surface area contributed by atoms with Crippen LogP contribution in [0.2, 0.25) is 0 Å². The minimum Gasteiger partial charge on any atom is -0.377 e. The molecule has 1 fully saturated rings. The van der Waals surface area contributed by atoms with Gasteiger partial charge in [0, 0.05) is 30.5 Å². The fourth-order valence-electron chi connectivity index (χ4n) is 2.76. The Morgan fingerprint density at radius 2 is 2.05 bits per heavy atom. The second-order valence-electron chi connectivity index (χ2n) is 6.89. The van der Waals surface area contributed by atoms with Gasteiger partial charge in [-0.05, 0) is 43.0 Å². The topological polar surface area (TPSA) is 34.1 Å². The van der Waals surface area contributed by atoms with E-state index < -0.39 is 0 Å². The number of rotatable bonds is 7. The first kappa shape index (κ1) is 15.5. The van der Waals surface area contributed by atoms with Crippen molar-refractivity contribution in [3.63, 3.8) is 0 Å². The molecular formula is C17H28N2O. The van der Waals surface area contributed by atoms with Crippen molar-refractivity contribution in [2.45, 2.75) is 52.7 Å². The van der Waals surface area contributed by atoms with Crippen LogP contribution >= 0.6 is 0 Å². The van der Waals surface area contributed by atoms with Gasteiger partial charge in [0.2, 0.25) is 0 Å². The van der Waals surface area contributed by atoms with E-state index in [-0.39, 0.29) is 5.41 Å². The SMILES string of the molecule is CC(C)COC1CC(NCCc2ccncc2)C1(C)C. The maximum Gasteiger partial charge on any atom is 0.0656 e. The smallest absolute Gasteiger partial charge is 0.0656 e. The van der Waals surface area contributed by atoms with Gasteiger partial charge in [0.05, 0.1) is 6.10 Å².